The first-order valence-corrected chi connectivity index (χ1v) is 10.6. The lowest BCUT2D eigenvalue weighted by Crippen LogP contribution is -2.37. The lowest BCUT2D eigenvalue weighted by Gasteiger charge is -2.22. The van der Waals surface area contributed by atoms with Crippen LogP contribution in [0.4, 0.5) is 20.6 Å². The molecule has 0 aromatic heterocycles. The lowest BCUT2D eigenvalue weighted by atomic mass is 10.1. The third kappa shape index (κ3) is 4.15. The van der Waals surface area contributed by atoms with Gasteiger partial charge in [0.25, 0.3) is 5.91 Å². The first-order valence-electron chi connectivity index (χ1n) is 10.6. The van der Waals surface area contributed by atoms with Gasteiger partial charge in [0.15, 0.2) is 11.5 Å². The number of anilines is 2. The maximum Gasteiger partial charge on any atom is 0.332 e. The number of urea groups is 1. The highest BCUT2D eigenvalue weighted by molar-refractivity contribution is 6.22. The number of carbonyl (C=O) groups excluding carboxylic acids is 3. The first kappa shape index (κ1) is 21.4. The Hall–Kier alpha value is -4.40. The summed E-state index contributed by atoms with van der Waals surface area (Å²) in [4.78, 5) is 41.9. The Morgan fingerprint density at radius 1 is 0.971 bits per heavy atom. The first-order chi connectivity index (χ1) is 16.5. The molecule has 1 N–H and O–H groups in total. The molecule has 4 amide bonds. The molecule has 34 heavy (non-hydrogen) atoms. The molecule has 0 unspecified atom stereocenters. The molecule has 1 saturated heterocycles. The van der Waals surface area contributed by atoms with Gasteiger partial charge in [-0.15, -0.1) is 0 Å². The number of hydrogen-bond donors (Lipinski definition) is 1. The van der Waals surface area contributed by atoms with E-state index in [-0.39, 0.29) is 19.8 Å². The zero-order valence-corrected chi connectivity index (χ0v) is 17.9. The predicted molar refractivity (Wildman–Crippen MR) is 121 cm³/mol. The van der Waals surface area contributed by atoms with Crippen LogP contribution in [0.5, 0.6) is 11.5 Å². The largest absolute Gasteiger partial charge is 0.454 e. The molecule has 0 radical (unpaired) electrons. The number of benzene rings is 3. The maximum atomic E-state index is 13.3. The number of fused-ring (bicyclic) bond motifs is 1. The number of hydrogen-bond acceptors (Lipinski definition) is 5. The fourth-order valence-electron chi connectivity index (χ4n) is 3.99. The number of carbonyl (C=O) groups is 3. The number of imide groups is 1. The van der Waals surface area contributed by atoms with Crippen molar-refractivity contribution in [2.45, 2.75) is 19.0 Å². The molecule has 1 atom stereocenters. The second-order valence-corrected chi connectivity index (χ2v) is 7.88. The SMILES string of the molecule is O=C(C[C@@H]1C(=O)N(c2ccccc2)C(=O)N1Cc1ccc2c(c1)OCO2)Nc1ccc(F)cc1. The number of rotatable bonds is 6. The molecule has 2 aliphatic heterocycles. The van der Waals surface area contributed by atoms with E-state index in [1.54, 1.807) is 48.5 Å². The van der Waals surface area contributed by atoms with Crippen LogP contribution in [0, 0.1) is 5.82 Å². The van der Waals surface area contributed by atoms with Gasteiger partial charge < -0.3 is 19.7 Å². The van der Waals surface area contributed by atoms with Gasteiger partial charge in [0.05, 0.1) is 12.1 Å². The Kier molecular flexibility index (Phi) is 5.59. The van der Waals surface area contributed by atoms with Gasteiger partial charge in [0.1, 0.15) is 11.9 Å². The van der Waals surface area contributed by atoms with E-state index in [0.29, 0.717) is 22.9 Å². The standard InChI is InChI=1S/C25H20FN3O5/c26-17-7-9-18(10-8-17)27-23(30)13-20-24(31)29(19-4-2-1-3-5-19)25(32)28(20)14-16-6-11-21-22(12-16)34-15-33-21/h1-12,20H,13-15H2,(H,27,30)/t20-/m1/s1. The van der Waals surface area contributed by atoms with Crippen LogP contribution in [0.2, 0.25) is 0 Å². The fourth-order valence-corrected chi connectivity index (χ4v) is 3.99. The van der Waals surface area contributed by atoms with Crippen LogP contribution in [0.1, 0.15) is 12.0 Å². The van der Waals surface area contributed by atoms with Gasteiger partial charge in [0, 0.05) is 12.2 Å². The molecule has 2 heterocycles. The summed E-state index contributed by atoms with van der Waals surface area (Å²) in [6.07, 6.45) is -0.254. The van der Waals surface area contributed by atoms with E-state index in [4.69, 9.17) is 9.47 Å². The Labute approximate surface area is 194 Å². The highest BCUT2D eigenvalue weighted by Crippen LogP contribution is 2.34. The Balaban J connectivity index is 1.40. The molecule has 172 valence electrons. The van der Waals surface area contributed by atoms with Crippen molar-refractivity contribution in [3.05, 3.63) is 84.2 Å². The fraction of sp³-hybridized carbons (Fsp3) is 0.160. The average Bonchev–Trinajstić information content (AvgIpc) is 3.39. The summed E-state index contributed by atoms with van der Waals surface area (Å²) in [6, 6.07) is 17.6. The lowest BCUT2D eigenvalue weighted by molar-refractivity contribution is -0.124. The van der Waals surface area contributed by atoms with E-state index in [1.165, 1.54) is 29.2 Å². The van der Waals surface area contributed by atoms with Crippen molar-refractivity contribution in [2.75, 3.05) is 17.0 Å². The van der Waals surface area contributed by atoms with Gasteiger partial charge in [0.2, 0.25) is 12.7 Å². The molecule has 3 aromatic rings. The van der Waals surface area contributed by atoms with Crippen LogP contribution in [-0.4, -0.2) is 35.6 Å². The Bertz CT molecular complexity index is 1250. The second-order valence-electron chi connectivity index (χ2n) is 7.88. The highest BCUT2D eigenvalue weighted by atomic mass is 19.1. The molecule has 5 rings (SSSR count). The quantitative estimate of drug-likeness (QED) is 0.562. The smallest absolute Gasteiger partial charge is 0.332 e. The zero-order valence-electron chi connectivity index (χ0n) is 17.9. The summed E-state index contributed by atoms with van der Waals surface area (Å²) in [6.45, 7) is 0.215. The van der Waals surface area contributed by atoms with Crippen molar-refractivity contribution in [1.82, 2.24) is 4.90 Å². The number of amides is 4. The zero-order chi connectivity index (χ0) is 23.7. The monoisotopic (exact) mass is 461 g/mol. The van der Waals surface area contributed by atoms with Gasteiger partial charge >= 0.3 is 6.03 Å². The van der Waals surface area contributed by atoms with Crippen LogP contribution in [0.25, 0.3) is 0 Å². The van der Waals surface area contributed by atoms with Crippen molar-refractivity contribution in [2.24, 2.45) is 0 Å². The number of halogens is 1. The van der Waals surface area contributed by atoms with Crippen LogP contribution in [0.3, 0.4) is 0 Å². The normalized spacial score (nSPS) is 16.8. The summed E-state index contributed by atoms with van der Waals surface area (Å²) in [5.41, 5.74) is 1.55. The van der Waals surface area contributed by atoms with Gasteiger partial charge in [-0.3, -0.25) is 9.59 Å². The molecule has 3 aromatic carbocycles. The van der Waals surface area contributed by atoms with Crippen molar-refractivity contribution in [3.63, 3.8) is 0 Å². The van der Waals surface area contributed by atoms with Crippen molar-refractivity contribution < 1.29 is 28.2 Å². The minimum atomic E-state index is -1.02. The van der Waals surface area contributed by atoms with E-state index in [0.717, 1.165) is 10.5 Å². The predicted octanol–water partition coefficient (Wildman–Crippen LogP) is 3.92. The van der Waals surface area contributed by atoms with E-state index >= 15 is 0 Å². The number of ether oxygens (including phenoxy) is 2. The average molecular weight is 461 g/mol. The topological polar surface area (TPSA) is 88.2 Å². The van der Waals surface area contributed by atoms with Crippen LogP contribution in [-0.2, 0) is 16.1 Å². The maximum absolute atomic E-state index is 13.3. The second kappa shape index (κ2) is 8.86. The van der Waals surface area contributed by atoms with Crippen molar-refractivity contribution in [3.8, 4) is 11.5 Å². The van der Waals surface area contributed by atoms with Gasteiger partial charge in [-0.2, -0.15) is 0 Å². The molecular weight excluding hydrogens is 441 g/mol. The molecule has 1 fully saturated rings. The summed E-state index contributed by atoms with van der Waals surface area (Å²) in [5, 5.41) is 2.65. The van der Waals surface area contributed by atoms with Crippen molar-refractivity contribution >= 4 is 29.2 Å². The number of para-hydroxylation sites is 1. The molecule has 0 aliphatic carbocycles. The van der Waals surface area contributed by atoms with Crippen LogP contribution in [0.15, 0.2) is 72.8 Å². The van der Waals surface area contributed by atoms with E-state index in [1.807, 2.05) is 0 Å². The summed E-state index contributed by atoms with van der Waals surface area (Å²) >= 11 is 0. The van der Waals surface area contributed by atoms with Gasteiger partial charge in [-0.25, -0.2) is 14.1 Å². The molecule has 0 saturated carbocycles. The van der Waals surface area contributed by atoms with Gasteiger partial charge in [-0.05, 0) is 54.1 Å². The van der Waals surface area contributed by atoms with Crippen LogP contribution >= 0.6 is 0 Å². The van der Waals surface area contributed by atoms with E-state index in [9.17, 15) is 18.8 Å². The molecular formula is C25H20FN3O5. The van der Waals surface area contributed by atoms with Gasteiger partial charge in [-0.1, -0.05) is 24.3 Å². The van der Waals surface area contributed by atoms with Crippen LogP contribution < -0.4 is 19.7 Å². The number of nitrogens with one attached hydrogen (secondary N) is 1. The third-order valence-electron chi connectivity index (χ3n) is 5.63. The minimum Gasteiger partial charge on any atom is -0.454 e. The third-order valence-corrected chi connectivity index (χ3v) is 5.63. The molecule has 8 nitrogen and oxygen atoms in total. The Morgan fingerprint density at radius 2 is 1.71 bits per heavy atom. The molecule has 2 aliphatic rings. The molecule has 0 spiro atoms. The minimum absolute atomic E-state index is 0.0963. The Morgan fingerprint density at radius 3 is 2.47 bits per heavy atom. The molecule has 0 bridgehead atoms. The van der Waals surface area contributed by atoms with E-state index in [2.05, 4.69) is 5.32 Å². The highest BCUT2D eigenvalue weighted by Gasteiger charge is 2.46. The summed E-state index contributed by atoms with van der Waals surface area (Å²) in [5.74, 6) is -0.229. The van der Waals surface area contributed by atoms with Crippen molar-refractivity contribution in [1.29, 1.82) is 0 Å². The summed E-state index contributed by atoms with van der Waals surface area (Å²) in [7, 11) is 0. The molecule has 9 heteroatoms. The van der Waals surface area contributed by atoms with E-state index < -0.39 is 29.7 Å². The summed E-state index contributed by atoms with van der Waals surface area (Å²) < 4.78 is 23.9. The number of nitrogens with zero attached hydrogens (tertiary/aromatic N) is 2.